The van der Waals surface area contributed by atoms with E-state index in [1.807, 2.05) is 30.3 Å². The number of halogens is 1. The van der Waals surface area contributed by atoms with Gasteiger partial charge in [-0.3, -0.25) is 14.4 Å². The van der Waals surface area contributed by atoms with Gasteiger partial charge in [-0.2, -0.15) is 0 Å². The minimum absolute atomic E-state index is 0.0407. The molecule has 39 heavy (non-hydrogen) atoms. The predicted octanol–water partition coefficient (Wildman–Crippen LogP) is 3.53. The van der Waals surface area contributed by atoms with Crippen LogP contribution in [-0.2, 0) is 32.6 Å². The first kappa shape index (κ1) is 28.0. The average Bonchev–Trinajstić information content (AvgIpc) is 3.12. The summed E-state index contributed by atoms with van der Waals surface area (Å²) in [5.74, 6) is -1.97. The van der Waals surface area contributed by atoms with Crippen molar-refractivity contribution in [2.75, 3.05) is 13.1 Å². The molecule has 0 radical (unpaired) electrons. The molecule has 204 valence electrons. The lowest BCUT2D eigenvalue weighted by Gasteiger charge is -2.32. The van der Waals surface area contributed by atoms with E-state index in [9.17, 15) is 27.2 Å². The lowest BCUT2D eigenvalue weighted by Crippen LogP contribution is -2.50. The van der Waals surface area contributed by atoms with Gasteiger partial charge in [0.1, 0.15) is 16.8 Å². The smallest absolute Gasteiger partial charge is 0.269 e. The van der Waals surface area contributed by atoms with Crippen LogP contribution < -0.4 is 5.32 Å². The van der Waals surface area contributed by atoms with Crippen molar-refractivity contribution in [3.8, 4) is 0 Å². The summed E-state index contributed by atoms with van der Waals surface area (Å²) in [4.78, 5) is 40.8. The average molecular weight is 552 g/mol. The van der Waals surface area contributed by atoms with E-state index in [1.54, 1.807) is 37.3 Å². The van der Waals surface area contributed by atoms with Crippen LogP contribution in [0.25, 0.3) is 0 Å². The zero-order chi connectivity index (χ0) is 28.0. The molecule has 0 spiro atoms. The van der Waals surface area contributed by atoms with Crippen LogP contribution in [-0.4, -0.2) is 54.5 Å². The number of likely N-dealkylation sites (N-methyl/N-ethyl adjacent to an activating group) is 1. The monoisotopic (exact) mass is 551 g/mol. The van der Waals surface area contributed by atoms with Crippen LogP contribution in [0.2, 0.25) is 0 Å². The molecule has 1 heterocycles. The highest BCUT2D eigenvalue weighted by Crippen LogP contribution is 2.30. The third-order valence-electron chi connectivity index (χ3n) is 6.58. The van der Waals surface area contributed by atoms with Crippen LogP contribution in [0.3, 0.4) is 0 Å². The summed E-state index contributed by atoms with van der Waals surface area (Å²) in [7, 11) is -4.00. The molecular weight excluding hydrogens is 521 g/mol. The Morgan fingerprint density at radius 3 is 2.33 bits per heavy atom. The molecule has 1 aliphatic heterocycles. The van der Waals surface area contributed by atoms with Crippen LogP contribution >= 0.6 is 0 Å². The Balaban J connectivity index is 1.56. The maximum absolute atomic E-state index is 14.6. The lowest BCUT2D eigenvalue weighted by atomic mass is 10.0. The number of carbonyl (C=O) groups excluding carboxylic acids is 3. The minimum Gasteiger partial charge on any atom is -0.355 e. The molecule has 0 fully saturated rings. The molecule has 4 rings (SSSR count). The summed E-state index contributed by atoms with van der Waals surface area (Å²) >= 11 is 0. The molecule has 0 bridgehead atoms. The largest absolute Gasteiger partial charge is 0.355 e. The van der Waals surface area contributed by atoms with Crippen LogP contribution in [0, 0.1) is 5.82 Å². The second-order valence-electron chi connectivity index (χ2n) is 9.20. The normalized spacial score (nSPS) is 14.5. The van der Waals surface area contributed by atoms with Crippen molar-refractivity contribution in [3.05, 3.63) is 101 Å². The van der Waals surface area contributed by atoms with Gasteiger partial charge in [-0.05, 0) is 37.1 Å². The molecule has 0 saturated heterocycles. The highest BCUT2D eigenvalue weighted by Gasteiger charge is 2.40. The Hall–Kier alpha value is -4.05. The molecule has 3 aromatic carbocycles. The van der Waals surface area contributed by atoms with Gasteiger partial charge in [-0.25, -0.2) is 17.1 Å². The first-order valence-corrected chi connectivity index (χ1v) is 14.2. The van der Waals surface area contributed by atoms with Gasteiger partial charge >= 0.3 is 0 Å². The van der Waals surface area contributed by atoms with Gasteiger partial charge in [0, 0.05) is 38.0 Å². The van der Waals surface area contributed by atoms with E-state index < -0.39 is 33.7 Å². The fourth-order valence-electron chi connectivity index (χ4n) is 4.63. The van der Waals surface area contributed by atoms with Crippen LogP contribution in [0.4, 0.5) is 4.39 Å². The van der Waals surface area contributed by atoms with E-state index in [2.05, 4.69) is 5.32 Å². The number of fused-ring (bicyclic) bond motifs is 1. The first-order valence-electron chi connectivity index (χ1n) is 12.7. The molecule has 0 saturated carbocycles. The summed E-state index contributed by atoms with van der Waals surface area (Å²) in [6.45, 7) is 1.78. The van der Waals surface area contributed by atoms with Gasteiger partial charge in [0.15, 0.2) is 0 Å². The minimum atomic E-state index is -4.00. The lowest BCUT2D eigenvalue weighted by molar-refractivity contribution is -0.141. The number of rotatable bonds is 11. The predicted molar refractivity (Wildman–Crippen MR) is 143 cm³/mol. The van der Waals surface area contributed by atoms with E-state index in [0.29, 0.717) is 6.54 Å². The van der Waals surface area contributed by atoms with E-state index >= 15 is 0 Å². The molecule has 1 atom stereocenters. The fourth-order valence-corrected chi connectivity index (χ4v) is 6.23. The van der Waals surface area contributed by atoms with Crippen molar-refractivity contribution in [2.24, 2.45) is 0 Å². The number of amides is 3. The van der Waals surface area contributed by atoms with E-state index in [1.165, 1.54) is 23.1 Å². The van der Waals surface area contributed by atoms with Crippen molar-refractivity contribution in [1.82, 2.24) is 14.5 Å². The number of benzene rings is 3. The van der Waals surface area contributed by atoms with Crippen molar-refractivity contribution < 1.29 is 27.2 Å². The Kier molecular flexibility index (Phi) is 8.75. The first-order chi connectivity index (χ1) is 18.7. The topological polar surface area (TPSA) is 104 Å². The van der Waals surface area contributed by atoms with Crippen molar-refractivity contribution >= 4 is 27.7 Å². The summed E-state index contributed by atoms with van der Waals surface area (Å²) in [6.07, 6.45) is 0.106. The Morgan fingerprint density at radius 2 is 1.64 bits per heavy atom. The Bertz CT molecular complexity index is 1460. The van der Waals surface area contributed by atoms with E-state index in [0.717, 1.165) is 9.87 Å². The highest BCUT2D eigenvalue weighted by atomic mass is 32.2. The number of nitrogens with zero attached hydrogens (tertiary/aromatic N) is 2. The summed E-state index contributed by atoms with van der Waals surface area (Å²) in [5.41, 5.74) is 1.18. The molecule has 3 amide bonds. The second kappa shape index (κ2) is 12.2. The summed E-state index contributed by atoms with van der Waals surface area (Å²) in [5, 5.41) is 2.77. The van der Waals surface area contributed by atoms with Crippen LogP contribution in [0.15, 0.2) is 83.8 Å². The van der Waals surface area contributed by atoms with Crippen molar-refractivity contribution in [2.45, 2.75) is 43.7 Å². The van der Waals surface area contributed by atoms with Crippen LogP contribution in [0.5, 0.6) is 0 Å². The van der Waals surface area contributed by atoms with Gasteiger partial charge in [0.05, 0.1) is 5.56 Å². The molecule has 3 aromatic rings. The quantitative estimate of drug-likeness (QED) is 0.393. The van der Waals surface area contributed by atoms with E-state index in [-0.39, 0.29) is 54.3 Å². The SMILES string of the molecule is CCNC(=O)[C@H](Cc1ccccc1)N(Cc1ccccc1F)C(=O)CCCN1C(=O)c2ccccc2S1(=O)=O. The van der Waals surface area contributed by atoms with Gasteiger partial charge in [-0.15, -0.1) is 0 Å². The molecular formula is C29H30FN3O5S. The fraction of sp³-hybridized carbons (Fsp3) is 0.276. The zero-order valence-corrected chi connectivity index (χ0v) is 22.4. The van der Waals surface area contributed by atoms with Gasteiger partial charge in [-0.1, -0.05) is 60.7 Å². The van der Waals surface area contributed by atoms with Gasteiger partial charge in [0.25, 0.3) is 15.9 Å². The maximum Gasteiger partial charge on any atom is 0.269 e. The van der Waals surface area contributed by atoms with Gasteiger partial charge in [0.2, 0.25) is 11.8 Å². The van der Waals surface area contributed by atoms with Crippen LogP contribution in [0.1, 0.15) is 41.3 Å². The Morgan fingerprint density at radius 1 is 0.974 bits per heavy atom. The standard InChI is InChI=1S/C29H30FN3O5S/c1-2-31-28(35)25(19-21-11-4-3-5-12-21)32(20-22-13-6-8-15-24(22)30)27(34)17-10-18-33-29(36)23-14-7-9-16-26(23)39(33,37)38/h3-9,11-16,25H,2,10,17-20H2,1H3,(H,31,35)/t25-/m0/s1. The Labute approximate surface area is 227 Å². The third kappa shape index (κ3) is 6.17. The molecule has 0 aromatic heterocycles. The van der Waals surface area contributed by atoms with Gasteiger partial charge < -0.3 is 10.2 Å². The maximum atomic E-state index is 14.6. The van der Waals surface area contributed by atoms with Crippen molar-refractivity contribution in [3.63, 3.8) is 0 Å². The molecule has 8 nitrogen and oxygen atoms in total. The number of carbonyl (C=O) groups is 3. The number of nitrogens with one attached hydrogen (secondary N) is 1. The van der Waals surface area contributed by atoms with Crippen molar-refractivity contribution in [1.29, 1.82) is 0 Å². The zero-order valence-electron chi connectivity index (χ0n) is 21.5. The number of hydrogen-bond acceptors (Lipinski definition) is 5. The number of hydrogen-bond donors (Lipinski definition) is 1. The molecule has 1 N–H and O–H groups in total. The summed E-state index contributed by atoms with van der Waals surface area (Å²) < 4.78 is 41.1. The molecule has 0 aliphatic carbocycles. The second-order valence-corrected chi connectivity index (χ2v) is 11.0. The number of sulfonamides is 1. The molecule has 10 heteroatoms. The third-order valence-corrected chi connectivity index (χ3v) is 8.42. The molecule has 0 unspecified atom stereocenters. The highest BCUT2D eigenvalue weighted by molar-refractivity contribution is 7.90. The van der Waals surface area contributed by atoms with E-state index in [4.69, 9.17) is 0 Å². The molecule has 1 aliphatic rings. The summed E-state index contributed by atoms with van der Waals surface area (Å²) in [6, 6.07) is 20.3.